The van der Waals surface area contributed by atoms with E-state index in [4.69, 9.17) is 4.98 Å². The Bertz CT molecular complexity index is 1200. The van der Waals surface area contributed by atoms with Gasteiger partial charge >= 0.3 is 0 Å². The average molecular weight is 433 g/mol. The van der Waals surface area contributed by atoms with Crippen LogP contribution < -0.4 is 0 Å². The van der Waals surface area contributed by atoms with Crippen LogP contribution in [0.2, 0.25) is 0 Å². The number of tetrazole rings is 1. The van der Waals surface area contributed by atoms with E-state index in [1.54, 1.807) is 23.7 Å². The molecule has 4 aromatic rings. The van der Waals surface area contributed by atoms with Crippen molar-refractivity contribution < 1.29 is 9.18 Å². The zero-order valence-electron chi connectivity index (χ0n) is 17.8. The summed E-state index contributed by atoms with van der Waals surface area (Å²) < 4.78 is 14.9. The minimum absolute atomic E-state index is 0.0365. The van der Waals surface area contributed by atoms with Crippen LogP contribution in [0.15, 0.2) is 48.5 Å². The van der Waals surface area contributed by atoms with E-state index in [-0.39, 0.29) is 17.6 Å². The monoisotopic (exact) mass is 433 g/mol. The smallest absolute Gasteiger partial charge is 0.247 e. The average Bonchev–Trinajstić information content (AvgIpc) is 3.44. The molecule has 164 valence electrons. The number of aromatic amines is 1. The Morgan fingerprint density at radius 2 is 2.03 bits per heavy atom. The lowest BCUT2D eigenvalue weighted by Gasteiger charge is -2.34. The van der Waals surface area contributed by atoms with Gasteiger partial charge in [-0.3, -0.25) is 4.79 Å². The number of hydrogen-bond donors (Lipinski definition) is 1. The molecule has 2 aromatic heterocycles. The fraction of sp³-hybridized carbons (Fsp3) is 0.348. The van der Waals surface area contributed by atoms with Crippen LogP contribution in [0.3, 0.4) is 0 Å². The number of hydrogen-bond acceptors (Lipinski definition) is 5. The largest absolute Gasteiger partial charge is 0.342 e. The van der Waals surface area contributed by atoms with Crippen molar-refractivity contribution in [2.24, 2.45) is 0 Å². The van der Waals surface area contributed by atoms with Crippen molar-refractivity contribution in [2.75, 3.05) is 13.1 Å². The summed E-state index contributed by atoms with van der Waals surface area (Å²) >= 11 is 0. The second-order valence-electron chi connectivity index (χ2n) is 8.28. The normalized spacial score (nSPS) is 17.6. The Morgan fingerprint density at radius 3 is 2.78 bits per heavy atom. The van der Waals surface area contributed by atoms with Gasteiger partial charge in [0.1, 0.15) is 23.5 Å². The lowest BCUT2D eigenvalue weighted by atomic mass is 9.96. The molecular weight excluding hydrogens is 409 g/mol. The number of aryl methyl sites for hydroxylation is 1. The van der Waals surface area contributed by atoms with Crippen molar-refractivity contribution in [3.8, 4) is 0 Å². The molecule has 5 rings (SSSR count). The molecule has 0 saturated carbocycles. The topological polar surface area (TPSA) is 92.6 Å². The molecule has 1 aliphatic heterocycles. The maximum absolute atomic E-state index is 13.7. The number of likely N-dealkylation sites (tertiary alicyclic amines) is 1. The van der Waals surface area contributed by atoms with Gasteiger partial charge in [-0.25, -0.2) is 14.1 Å². The van der Waals surface area contributed by atoms with Crippen LogP contribution in [0, 0.1) is 12.7 Å². The van der Waals surface area contributed by atoms with E-state index in [1.165, 1.54) is 12.1 Å². The number of imidazole rings is 1. The number of rotatable bonds is 5. The molecule has 2 atom stereocenters. The minimum atomic E-state index is -0.593. The first kappa shape index (κ1) is 20.3. The maximum Gasteiger partial charge on any atom is 0.247 e. The van der Waals surface area contributed by atoms with Crippen molar-refractivity contribution in [1.82, 2.24) is 35.1 Å². The number of halogens is 1. The zero-order chi connectivity index (χ0) is 22.1. The summed E-state index contributed by atoms with van der Waals surface area (Å²) in [5, 5.41) is 11.8. The molecular formula is C23H24FN7O. The van der Waals surface area contributed by atoms with Crippen LogP contribution in [0.1, 0.15) is 42.0 Å². The number of carbonyl (C=O) groups is 1. The van der Waals surface area contributed by atoms with Crippen LogP contribution in [-0.2, 0) is 11.2 Å². The Balaban J connectivity index is 1.39. The second-order valence-corrected chi connectivity index (χ2v) is 8.28. The maximum atomic E-state index is 13.7. The van der Waals surface area contributed by atoms with Crippen molar-refractivity contribution in [3.05, 3.63) is 71.6 Å². The van der Waals surface area contributed by atoms with Gasteiger partial charge in [0.15, 0.2) is 0 Å². The number of para-hydroxylation sites is 2. The summed E-state index contributed by atoms with van der Waals surface area (Å²) in [4.78, 5) is 23.7. The number of piperidine rings is 1. The van der Waals surface area contributed by atoms with E-state index >= 15 is 0 Å². The van der Waals surface area contributed by atoms with Gasteiger partial charge in [0.2, 0.25) is 5.91 Å². The Hall–Kier alpha value is -3.62. The molecule has 0 unspecified atom stereocenters. The number of benzene rings is 2. The molecule has 9 heteroatoms. The van der Waals surface area contributed by atoms with E-state index in [1.807, 2.05) is 29.2 Å². The molecule has 3 heterocycles. The third kappa shape index (κ3) is 3.98. The van der Waals surface area contributed by atoms with E-state index in [0.717, 1.165) is 35.3 Å². The van der Waals surface area contributed by atoms with Crippen LogP contribution in [0.4, 0.5) is 4.39 Å². The van der Waals surface area contributed by atoms with E-state index < -0.39 is 6.04 Å². The Morgan fingerprint density at radius 1 is 1.22 bits per heavy atom. The van der Waals surface area contributed by atoms with Gasteiger partial charge in [0, 0.05) is 25.4 Å². The highest BCUT2D eigenvalue weighted by atomic mass is 19.1. The van der Waals surface area contributed by atoms with Gasteiger partial charge in [-0.2, -0.15) is 0 Å². The summed E-state index contributed by atoms with van der Waals surface area (Å²) in [6.45, 7) is 3.04. The third-order valence-electron chi connectivity index (χ3n) is 6.11. The fourth-order valence-corrected chi connectivity index (χ4v) is 4.43. The number of aromatic nitrogens is 6. The standard InChI is InChI=1S/C23H24FN7O/c1-15-27-28-29-31(15)21(13-16-8-10-18(24)11-9-16)23(32)30-12-4-5-17(14-30)22-25-19-6-2-3-7-20(19)26-22/h2-3,6-11,17,21H,4-5,12-14H2,1H3,(H,25,26)/t17-,21+/m1/s1. The molecule has 1 fully saturated rings. The molecule has 2 aromatic carbocycles. The number of carbonyl (C=O) groups excluding carboxylic acids is 1. The molecule has 1 saturated heterocycles. The molecule has 1 N–H and O–H groups in total. The molecule has 1 amide bonds. The Kier molecular flexibility index (Phi) is 5.38. The first-order valence-electron chi connectivity index (χ1n) is 10.8. The molecule has 0 aliphatic carbocycles. The first-order chi connectivity index (χ1) is 15.6. The van der Waals surface area contributed by atoms with Crippen molar-refractivity contribution >= 4 is 16.9 Å². The summed E-state index contributed by atoms with van der Waals surface area (Å²) in [5.74, 6) is 1.28. The number of nitrogens with one attached hydrogen (secondary N) is 1. The number of amides is 1. The van der Waals surface area contributed by atoms with Gasteiger partial charge in [0.25, 0.3) is 0 Å². The number of nitrogens with zero attached hydrogens (tertiary/aromatic N) is 6. The Labute approximate surface area is 184 Å². The van der Waals surface area contributed by atoms with Crippen LogP contribution >= 0.6 is 0 Å². The van der Waals surface area contributed by atoms with Gasteiger partial charge in [0.05, 0.1) is 11.0 Å². The minimum Gasteiger partial charge on any atom is -0.342 e. The summed E-state index contributed by atoms with van der Waals surface area (Å²) in [6.07, 6.45) is 2.25. The predicted molar refractivity (Wildman–Crippen MR) is 116 cm³/mol. The molecule has 0 bridgehead atoms. The van der Waals surface area contributed by atoms with Crippen LogP contribution in [0.25, 0.3) is 11.0 Å². The number of fused-ring (bicyclic) bond motifs is 1. The zero-order valence-corrected chi connectivity index (χ0v) is 17.8. The fourth-order valence-electron chi connectivity index (χ4n) is 4.43. The van der Waals surface area contributed by atoms with E-state index in [0.29, 0.717) is 25.3 Å². The molecule has 0 spiro atoms. The molecule has 1 aliphatic rings. The van der Waals surface area contributed by atoms with E-state index in [2.05, 4.69) is 20.5 Å². The summed E-state index contributed by atoms with van der Waals surface area (Å²) in [7, 11) is 0. The molecule has 32 heavy (non-hydrogen) atoms. The van der Waals surface area contributed by atoms with E-state index in [9.17, 15) is 9.18 Å². The first-order valence-corrected chi connectivity index (χ1v) is 10.8. The van der Waals surface area contributed by atoms with Gasteiger partial charge in [-0.1, -0.05) is 24.3 Å². The lowest BCUT2D eigenvalue weighted by Crippen LogP contribution is -2.44. The highest BCUT2D eigenvalue weighted by Gasteiger charge is 2.33. The highest BCUT2D eigenvalue weighted by Crippen LogP contribution is 2.29. The van der Waals surface area contributed by atoms with Crippen molar-refractivity contribution in [2.45, 2.75) is 38.1 Å². The van der Waals surface area contributed by atoms with Crippen molar-refractivity contribution in [3.63, 3.8) is 0 Å². The quantitative estimate of drug-likeness (QED) is 0.522. The SMILES string of the molecule is Cc1nnnn1[C@@H](Cc1ccc(F)cc1)C(=O)N1CCC[C@@H](c2nc3ccccc3[nH]2)C1. The lowest BCUT2D eigenvalue weighted by molar-refractivity contribution is -0.136. The molecule has 8 nitrogen and oxygen atoms in total. The highest BCUT2D eigenvalue weighted by molar-refractivity contribution is 5.81. The van der Waals surface area contributed by atoms with Gasteiger partial charge in [-0.05, 0) is 60.0 Å². The second kappa shape index (κ2) is 8.49. The predicted octanol–water partition coefficient (Wildman–Crippen LogP) is 3.19. The van der Waals surface area contributed by atoms with Crippen LogP contribution in [-0.4, -0.2) is 54.1 Å². The van der Waals surface area contributed by atoms with Gasteiger partial charge < -0.3 is 9.88 Å². The van der Waals surface area contributed by atoms with Gasteiger partial charge in [-0.15, -0.1) is 5.10 Å². The number of H-pyrrole nitrogens is 1. The molecule has 0 radical (unpaired) electrons. The van der Waals surface area contributed by atoms with Crippen LogP contribution in [0.5, 0.6) is 0 Å². The summed E-state index contributed by atoms with van der Waals surface area (Å²) in [6, 6.07) is 13.6. The third-order valence-corrected chi connectivity index (χ3v) is 6.11. The summed E-state index contributed by atoms with van der Waals surface area (Å²) in [5.41, 5.74) is 2.79. The van der Waals surface area contributed by atoms with Crippen molar-refractivity contribution in [1.29, 1.82) is 0 Å².